The highest BCUT2D eigenvalue weighted by atomic mass is 29.3. The first kappa shape index (κ1) is 20.7. The van der Waals surface area contributed by atoms with E-state index in [9.17, 15) is 0 Å². The lowest BCUT2D eigenvalue weighted by atomic mass is 10.0. The van der Waals surface area contributed by atoms with Gasteiger partial charge in [0.25, 0.3) is 0 Å². The largest absolute Gasteiger partial charge is 0.0768 e. The molecular weight excluding hydrogens is 368 g/mol. The third-order valence-electron chi connectivity index (χ3n) is 9.36. The van der Waals surface area contributed by atoms with Gasteiger partial charge in [-0.2, -0.15) is 0 Å². The summed E-state index contributed by atoms with van der Waals surface area (Å²) in [7, 11) is -2.85. The number of allylic oxidation sites excluding steroid dienone is 8. The highest BCUT2D eigenvalue weighted by Crippen LogP contribution is 2.54. The van der Waals surface area contributed by atoms with Gasteiger partial charge in [0, 0.05) is 0 Å². The summed E-state index contributed by atoms with van der Waals surface area (Å²) in [5.74, 6) is 0. The summed E-state index contributed by atoms with van der Waals surface area (Å²) in [6, 6.07) is 0. The van der Waals surface area contributed by atoms with Crippen molar-refractivity contribution < 1.29 is 0 Å². The van der Waals surface area contributed by atoms with Crippen LogP contribution in [0.2, 0.25) is 37.3 Å². The number of fused-ring (bicyclic) bond motifs is 2. The zero-order valence-corrected chi connectivity index (χ0v) is 21.4. The van der Waals surface area contributed by atoms with Gasteiger partial charge in [0.1, 0.15) is 0 Å². The van der Waals surface area contributed by atoms with Crippen molar-refractivity contribution in [3.63, 3.8) is 0 Å². The van der Waals surface area contributed by atoms with E-state index in [2.05, 4.69) is 52.2 Å². The van der Waals surface area contributed by atoms with Crippen LogP contribution in [-0.4, -0.2) is 15.2 Å². The first-order valence-electron chi connectivity index (χ1n) is 12.1. The molecule has 2 heteroatoms. The van der Waals surface area contributed by atoms with Crippen molar-refractivity contribution in [1.82, 2.24) is 0 Å². The Labute approximate surface area is 176 Å². The molecule has 0 heterocycles. The maximum atomic E-state index is 2.79. The summed E-state index contributed by atoms with van der Waals surface area (Å²) in [5.41, 5.74) is 12.3. The highest BCUT2D eigenvalue weighted by molar-refractivity contribution is 7.42. The van der Waals surface area contributed by atoms with Crippen LogP contribution < -0.4 is 0 Å². The molecule has 2 atom stereocenters. The molecule has 2 fully saturated rings. The monoisotopic (exact) mass is 410 g/mol. The first-order chi connectivity index (χ1) is 13.2. The van der Waals surface area contributed by atoms with E-state index in [0.717, 1.165) is 11.1 Å². The van der Waals surface area contributed by atoms with Crippen LogP contribution in [0.4, 0.5) is 0 Å². The van der Waals surface area contributed by atoms with Crippen molar-refractivity contribution in [2.75, 3.05) is 0 Å². The molecule has 4 aliphatic carbocycles. The Bertz CT molecular complexity index is 706. The van der Waals surface area contributed by atoms with Gasteiger partial charge in [-0.3, -0.25) is 0 Å². The SMILES string of the molecule is CC1=C2CCCCCC2=CC1[Si](C)(C)[Si](C)(C)C1C=C2CCCCCC2=C1C. The van der Waals surface area contributed by atoms with Gasteiger partial charge in [-0.1, -0.05) is 62.3 Å². The Balaban J connectivity index is 1.68. The maximum Gasteiger partial charge on any atom is 0.0543 e. The summed E-state index contributed by atoms with van der Waals surface area (Å²) in [5, 5.41) is 0. The molecule has 2 unspecified atom stereocenters. The standard InChI is InChI=1S/C26H42Si2/c1-19-23-15-11-7-9-13-21(23)17-25(19)27(3,4)28(5,6)26-18-22-14-10-8-12-16-24(22)20(26)2/h17-18,25-26H,7-16H2,1-6H3. The van der Waals surface area contributed by atoms with Crippen LogP contribution in [0.5, 0.6) is 0 Å². The van der Waals surface area contributed by atoms with Crippen molar-refractivity contribution in [3.05, 3.63) is 45.6 Å². The van der Waals surface area contributed by atoms with E-state index in [1.807, 2.05) is 0 Å². The molecule has 0 amide bonds. The Kier molecular flexibility index (Phi) is 5.59. The zero-order valence-electron chi connectivity index (χ0n) is 19.4. The summed E-state index contributed by atoms with van der Waals surface area (Å²) in [6.07, 6.45) is 19.5. The molecular formula is C26H42Si2. The number of hydrogen-bond donors (Lipinski definition) is 0. The summed E-state index contributed by atoms with van der Waals surface area (Å²) in [4.78, 5) is 0. The fourth-order valence-corrected chi connectivity index (χ4v) is 18.8. The van der Waals surface area contributed by atoms with Crippen LogP contribution >= 0.6 is 0 Å². The molecule has 0 radical (unpaired) electrons. The average Bonchev–Trinajstić information content (AvgIpc) is 2.93. The van der Waals surface area contributed by atoms with E-state index in [-0.39, 0.29) is 0 Å². The minimum atomic E-state index is -1.42. The Morgan fingerprint density at radius 2 is 0.929 bits per heavy atom. The van der Waals surface area contributed by atoms with Gasteiger partial charge in [-0.05, 0) is 98.6 Å². The van der Waals surface area contributed by atoms with Crippen molar-refractivity contribution in [1.29, 1.82) is 0 Å². The minimum absolute atomic E-state index is 0.805. The molecule has 0 spiro atoms. The lowest BCUT2D eigenvalue weighted by Crippen LogP contribution is -2.60. The van der Waals surface area contributed by atoms with Crippen LogP contribution in [0, 0.1) is 0 Å². The van der Waals surface area contributed by atoms with Gasteiger partial charge in [0.15, 0.2) is 0 Å². The Morgan fingerprint density at radius 3 is 1.32 bits per heavy atom. The lowest BCUT2D eigenvalue weighted by molar-refractivity contribution is 0.716. The fourth-order valence-electron chi connectivity index (χ4n) is 6.81. The third kappa shape index (κ3) is 3.23. The maximum absolute atomic E-state index is 2.79. The van der Waals surface area contributed by atoms with E-state index < -0.39 is 15.2 Å². The minimum Gasteiger partial charge on any atom is -0.0768 e. The van der Waals surface area contributed by atoms with Gasteiger partial charge < -0.3 is 0 Å². The predicted molar refractivity (Wildman–Crippen MR) is 130 cm³/mol. The van der Waals surface area contributed by atoms with Gasteiger partial charge in [0.2, 0.25) is 0 Å². The molecule has 28 heavy (non-hydrogen) atoms. The zero-order chi connectivity index (χ0) is 20.1. The Morgan fingerprint density at radius 1 is 0.571 bits per heavy atom. The number of hydrogen-bond acceptors (Lipinski definition) is 0. The second-order valence-electron chi connectivity index (χ2n) is 11.2. The van der Waals surface area contributed by atoms with Crippen molar-refractivity contribution in [3.8, 4) is 0 Å². The molecule has 0 N–H and O–H groups in total. The van der Waals surface area contributed by atoms with E-state index in [1.165, 1.54) is 64.2 Å². The molecule has 0 nitrogen and oxygen atoms in total. The van der Waals surface area contributed by atoms with E-state index in [0.29, 0.717) is 0 Å². The average molecular weight is 411 g/mol. The van der Waals surface area contributed by atoms with Crippen molar-refractivity contribution in [2.45, 2.75) is 115 Å². The fraction of sp³-hybridized carbons (Fsp3) is 0.692. The molecule has 0 aromatic rings. The molecule has 0 aromatic carbocycles. The van der Waals surface area contributed by atoms with Crippen LogP contribution in [-0.2, 0) is 0 Å². The van der Waals surface area contributed by atoms with Crippen LogP contribution in [0.25, 0.3) is 0 Å². The van der Waals surface area contributed by atoms with Gasteiger partial charge >= 0.3 is 0 Å². The molecule has 0 aromatic heterocycles. The highest BCUT2D eigenvalue weighted by Gasteiger charge is 2.52. The molecule has 0 aliphatic heterocycles. The molecule has 154 valence electrons. The van der Waals surface area contributed by atoms with E-state index in [1.54, 1.807) is 33.4 Å². The predicted octanol–water partition coefficient (Wildman–Crippen LogP) is 8.66. The normalized spacial score (nSPS) is 29.2. The van der Waals surface area contributed by atoms with Crippen molar-refractivity contribution in [2.24, 2.45) is 0 Å². The molecule has 2 saturated carbocycles. The quantitative estimate of drug-likeness (QED) is 0.408. The van der Waals surface area contributed by atoms with Crippen molar-refractivity contribution >= 4 is 15.2 Å². The summed E-state index contributed by atoms with van der Waals surface area (Å²) in [6.45, 7) is 16.1. The summed E-state index contributed by atoms with van der Waals surface area (Å²) >= 11 is 0. The Hall–Kier alpha value is -0.606. The van der Waals surface area contributed by atoms with Gasteiger partial charge in [-0.15, -0.1) is 0 Å². The van der Waals surface area contributed by atoms with Gasteiger partial charge in [-0.25, -0.2) is 0 Å². The summed E-state index contributed by atoms with van der Waals surface area (Å²) < 4.78 is 0. The first-order valence-corrected chi connectivity index (χ1v) is 19.2. The second kappa shape index (κ2) is 7.58. The molecule has 4 rings (SSSR count). The lowest BCUT2D eigenvalue weighted by Gasteiger charge is -2.47. The van der Waals surface area contributed by atoms with Crippen LogP contribution in [0.3, 0.4) is 0 Å². The second-order valence-corrected chi connectivity index (χ2v) is 27.1. The molecule has 0 saturated heterocycles. The topological polar surface area (TPSA) is 0 Å². The van der Waals surface area contributed by atoms with E-state index in [4.69, 9.17) is 0 Å². The smallest absolute Gasteiger partial charge is 0.0543 e. The van der Waals surface area contributed by atoms with E-state index >= 15 is 0 Å². The van der Waals surface area contributed by atoms with Gasteiger partial charge in [0.05, 0.1) is 15.2 Å². The third-order valence-corrected chi connectivity index (χ3v) is 28.8. The van der Waals surface area contributed by atoms with Crippen LogP contribution in [0.1, 0.15) is 78.1 Å². The van der Waals surface area contributed by atoms with Crippen LogP contribution in [0.15, 0.2) is 45.6 Å². The molecule has 0 bridgehead atoms. The number of rotatable bonds is 3. The molecule has 4 aliphatic rings.